The minimum atomic E-state index is 0.0496. The number of thiophene rings is 1. The largest absolute Gasteiger partial charge is 0.372 e. The molecule has 1 atom stereocenters. The number of benzene rings is 2. The first-order valence-corrected chi connectivity index (χ1v) is 8.11. The average molecular weight is 295 g/mol. The van der Waals surface area contributed by atoms with Crippen LogP contribution in [0.2, 0.25) is 0 Å². The van der Waals surface area contributed by atoms with Crippen LogP contribution in [0.1, 0.15) is 16.5 Å². The third-order valence-corrected chi connectivity index (χ3v) is 5.34. The zero-order valence-electron chi connectivity index (χ0n) is 11.7. The van der Waals surface area contributed by atoms with E-state index in [1.54, 1.807) is 0 Å². The first kappa shape index (κ1) is 13.0. The third kappa shape index (κ3) is 2.18. The Morgan fingerprint density at radius 2 is 1.95 bits per heavy atom. The highest BCUT2D eigenvalue weighted by Crippen LogP contribution is 2.41. The van der Waals surface area contributed by atoms with E-state index in [1.165, 1.54) is 31.7 Å². The smallest absolute Gasteiger partial charge is 0.0963 e. The first-order chi connectivity index (χ1) is 10.4. The number of fused-ring (bicyclic) bond motifs is 3. The van der Waals surface area contributed by atoms with Gasteiger partial charge in [0.15, 0.2) is 0 Å². The van der Waals surface area contributed by atoms with E-state index in [9.17, 15) is 0 Å². The Balaban J connectivity index is 1.91. The molecule has 0 aliphatic carbocycles. The molecule has 1 aliphatic heterocycles. The van der Waals surface area contributed by atoms with E-state index in [2.05, 4.69) is 42.5 Å². The molecule has 0 amide bonds. The second-order valence-electron chi connectivity index (χ2n) is 5.36. The molecule has 2 aromatic carbocycles. The molecule has 0 radical (unpaired) electrons. The molecule has 0 bridgehead atoms. The van der Waals surface area contributed by atoms with Crippen LogP contribution in [0.5, 0.6) is 0 Å². The zero-order valence-corrected chi connectivity index (χ0v) is 12.5. The third-order valence-electron chi connectivity index (χ3n) is 4.09. The van der Waals surface area contributed by atoms with Crippen molar-refractivity contribution in [3.63, 3.8) is 0 Å². The lowest BCUT2D eigenvalue weighted by molar-refractivity contribution is 0.0508. The predicted molar refractivity (Wildman–Crippen MR) is 88.7 cm³/mol. The van der Waals surface area contributed by atoms with Crippen molar-refractivity contribution in [1.29, 1.82) is 0 Å². The van der Waals surface area contributed by atoms with Gasteiger partial charge < -0.3 is 10.5 Å². The quantitative estimate of drug-likeness (QED) is 0.771. The van der Waals surface area contributed by atoms with Gasteiger partial charge in [-0.2, -0.15) is 0 Å². The van der Waals surface area contributed by atoms with Gasteiger partial charge in [-0.3, -0.25) is 0 Å². The molecule has 1 aliphatic rings. The van der Waals surface area contributed by atoms with Crippen LogP contribution in [-0.4, -0.2) is 13.2 Å². The van der Waals surface area contributed by atoms with E-state index >= 15 is 0 Å². The molecule has 0 spiro atoms. The molecule has 3 heteroatoms. The topological polar surface area (TPSA) is 35.2 Å². The van der Waals surface area contributed by atoms with Crippen molar-refractivity contribution in [3.8, 4) is 11.1 Å². The summed E-state index contributed by atoms with van der Waals surface area (Å²) in [4.78, 5) is 1.44. The monoisotopic (exact) mass is 295 g/mol. The fraction of sp³-hybridized carbons (Fsp3) is 0.222. The van der Waals surface area contributed by atoms with Gasteiger partial charge in [0.05, 0.1) is 12.7 Å². The van der Waals surface area contributed by atoms with E-state index in [-0.39, 0.29) is 6.10 Å². The van der Waals surface area contributed by atoms with Crippen molar-refractivity contribution >= 4 is 21.4 Å². The second-order valence-corrected chi connectivity index (χ2v) is 6.50. The van der Waals surface area contributed by atoms with Crippen LogP contribution in [0.3, 0.4) is 0 Å². The second kappa shape index (κ2) is 5.26. The predicted octanol–water partition coefficient (Wildman–Crippen LogP) is 4.14. The highest BCUT2D eigenvalue weighted by molar-refractivity contribution is 7.19. The molecule has 2 N–H and O–H groups in total. The van der Waals surface area contributed by atoms with Crippen LogP contribution in [-0.2, 0) is 11.2 Å². The van der Waals surface area contributed by atoms with Crippen molar-refractivity contribution in [2.45, 2.75) is 12.5 Å². The van der Waals surface area contributed by atoms with Crippen molar-refractivity contribution in [2.75, 3.05) is 13.2 Å². The Morgan fingerprint density at radius 1 is 1.10 bits per heavy atom. The summed E-state index contributed by atoms with van der Waals surface area (Å²) in [5.74, 6) is 0. The molecule has 21 heavy (non-hydrogen) atoms. The molecule has 2 heterocycles. The van der Waals surface area contributed by atoms with Gasteiger partial charge in [0.2, 0.25) is 0 Å². The minimum absolute atomic E-state index is 0.0496. The summed E-state index contributed by atoms with van der Waals surface area (Å²) in [6.45, 7) is 1.33. The van der Waals surface area contributed by atoms with Crippen molar-refractivity contribution in [3.05, 3.63) is 59.0 Å². The summed E-state index contributed by atoms with van der Waals surface area (Å²) in [7, 11) is 0. The molecule has 3 aromatic rings. The number of ether oxygens (including phenoxy) is 1. The van der Waals surface area contributed by atoms with Crippen LogP contribution in [0.25, 0.3) is 21.2 Å². The Labute approximate surface area is 128 Å². The van der Waals surface area contributed by atoms with E-state index in [4.69, 9.17) is 10.5 Å². The molecule has 106 valence electrons. The lowest BCUT2D eigenvalue weighted by Gasteiger charge is -2.22. The van der Waals surface area contributed by atoms with Crippen LogP contribution < -0.4 is 5.73 Å². The fourth-order valence-corrected chi connectivity index (χ4v) is 4.30. The molecular weight excluding hydrogens is 278 g/mol. The standard InChI is InChI=1S/C18H17NOS/c19-11-15-18-14-10-13(12-4-2-1-3-5-12)6-7-16(14)21-17(18)8-9-20-15/h1-7,10,15H,8-9,11,19H2. The van der Waals surface area contributed by atoms with Crippen LogP contribution in [0, 0.1) is 0 Å². The highest BCUT2D eigenvalue weighted by atomic mass is 32.1. The molecule has 1 aromatic heterocycles. The molecule has 2 nitrogen and oxygen atoms in total. The van der Waals surface area contributed by atoms with Gasteiger partial charge in [0.25, 0.3) is 0 Å². The number of hydrogen-bond donors (Lipinski definition) is 1. The summed E-state index contributed by atoms with van der Waals surface area (Å²) < 4.78 is 7.18. The Morgan fingerprint density at radius 3 is 2.76 bits per heavy atom. The SMILES string of the molecule is NCC1OCCc2sc3ccc(-c4ccccc4)cc3c21. The molecule has 4 rings (SSSR count). The Kier molecular flexibility index (Phi) is 3.26. The van der Waals surface area contributed by atoms with Crippen LogP contribution in [0.4, 0.5) is 0 Å². The van der Waals surface area contributed by atoms with Gasteiger partial charge in [-0.1, -0.05) is 36.4 Å². The number of hydrogen-bond acceptors (Lipinski definition) is 3. The van der Waals surface area contributed by atoms with Crippen molar-refractivity contribution < 1.29 is 4.74 Å². The van der Waals surface area contributed by atoms with Gasteiger partial charge >= 0.3 is 0 Å². The Bertz CT molecular complexity index is 779. The molecular formula is C18H17NOS. The van der Waals surface area contributed by atoms with Gasteiger partial charge in [0.1, 0.15) is 0 Å². The van der Waals surface area contributed by atoms with E-state index in [0.717, 1.165) is 13.0 Å². The van der Waals surface area contributed by atoms with Crippen LogP contribution >= 0.6 is 11.3 Å². The van der Waals surface area contributed by atoms with Gasteiger partial charge in [-0.25, -0.2) is 0 Å². The average Bonchev–Trinajstić information content (AvgIpc) is 2.93. The van der Waals surface area contributed by atoms with E-state index in [1.807, 2.05) is 17.4 Å². The Hall–Kier alpha value is -1.68. The maximum Gasteiger partial charge on any atom is 0.0963 e. The normalized spacial score (nSPS) is 17.9. The first-order valence-electron chi connectivity index (χ1n) is 7.29. The maximum absolute atomic E-state index is 5.90. The van der Waals surface area contributed by atoms with Crippen LogP contribution in [0.15, 0.2) is 48.5 Å². The molecule has 0 fully saturated rings. The maximum atomic E-state index is 5.90. The number of nitrogens with two attached hydrogens (primary N) is 1. The van der Waals surface area contributed by atoms with E-state index < -0.39 is 0 Å². The van der Waals surface area contributed by atoms with Gasteiger partial charge in [-0.15, -0.1) is 11.3 Å². The molecule has 0 saturated carbocycles. The molecule has 0 saturated heterocycles. The lowest BCUT2D eigenvalue weighted by Crippen LogP contribution is -2.21. The van der Waals surface area contributed by atoms with Gasteiger partial charge in [0, 0.05) is 28.1 Å². The zero-order chi connectivity index (χ0) is 14.2. The minimum Gasteiger partial charge on any atom is -0.372 e. The summed E-state index contributed by atoms with van der Waals surface area (Å²) in [6, 6.07) is 17.2. The summed E-state index contributed by atoms with van der Waals surface area (Å²) >= 11 is 1.89. The van der Waals surface area contributed by atoms with Gasteiger partial charge in [-0.05, 0) is 28.6 Å². The summed E-state index contributed by atoms with van der Waals surface area (Å²) in [5, 5.41) is 1.31. The highest BCUT2D eigenvalue weighted by Gasteiger charge is 2.24. The fourth-order valence-electron chi connectivity index (χ4n) is 3.08. The molecule has 1 unspecified atom stereocenters. The van der Waals surface area contributed by atoms with Crippen molar-refractivity contribution in [2.24, 2.45) is 5.73 Å². The van der Waals surface area contributed by atoms with E-state index in [0.29, 0.717) is 6.54 Å². The summed E-state index contributed by atoms with van der Waals surface area (Å²) in [6.07, 6.45) is 1.06. The summed E-state index contributed by atoms with van der Waals surface area (Å²) in [5.41, 5.74) is 9.72. The van der Waals surface area contributed by atoms with Crippen molar-refractivity contribution in [1.82, 2.24) is 0 Å². The lowest BCUT2D eigenvalue weighted by atomic mass is 9.98. The number of rotatable bonds is 2.